The molecule has 0 aliphatic carbocycles. The van der Waals surface area contributed by atoms with E-state index in [1.165, 1.54) is 0 Å². The number of fused-ring (bicyclic) bond motifs is 1. The minimum atomic E-state index is 0.0825. The zero-order valence-electron chi connectivity index (χ0n) is 16.8. The molecule has 2 aromatic heterocycles. The highest BCUT2D eigenvalue weighted by Crippen LogP contribution is 2.24. The van der Waals surface area contributed by atoms with Crippen molar-refractivity contribution in [2.75, 3.05) is 33.2 Å². The molecule has 0 saturated carbocycles. The minimum Gasteiger partial charge on any atom is -0.337 e. The molecular formula is C22H23N7O. The second-order valence-corrected chi connectivity index (χ2v) is 7.66. The van der Waals surface area contributed by atoms with Crippen molar-refractivity contribution >= 4 is 16.8 Å². The molecule has 1 saturated heterocycles. The van der Waals surface area contributed by atoms with E-state index >= 15 is 0 Å². The molecule has 8 heteroatoms. The van der Waals surface area contributed by atoms with Gasteiger partial charge in [-0.25, -0.2) is 4.68 Å². The number of likely N-dealkylation sites (N-methyl/N-ethyl adjacent to an activating group) is 1. The van der Waals surface area contributed by atoms with E-state index in [0.29, 0.717) is 11.3 Å². The number of aromatic nitrogens is 5. The maximum absolute atomic E-state index is 12.9. The van der Waals surface area contributed by atoms with Crippen molar-refractivity contribution in [1.82, 2.24) is 35.0 Å². The third kappa shape index (κ3) is 3.46. The highest BCUT2D eigenvalue weighted by Gasteiger charge is 2.19. The van der Waals surface area contributed by atoms with Crippen molar-refractivity contribution in [2.45, 2.75) is 6.42 Å². The quantitative estimate of drug-likeness (QED) is 0.571. The summed E-state index contributed by atoms with van der Waals surface area (Å²) >= 11 is 0. The molecule has 2 aromatic carbocycles. The zero-order chi connectivity index (χ0) is 20.5. The maximum Gasteiger partial charge on any atom is 0.253 e. The van der Waals surface area contributed by atoms with E-state index in [2.05, 4.69) is 32.5 Å². The van der Waals surface area contributed by atoms with Gasteiger partial charge < -0.3 is 9.80 Å². The van der Waals surface area contributed by atoms with Crippen LogP contribution in [0.5, 0.6) is 0 Å². The third-order valence-electron chi connectivity index (χ3n) is 5.59. The fourth-order valence-electron chi connectivity index (χ4n) is 3.85. The number of H-pyrrole nitrogens is 1. The van der Waals surface area contributed by atoms with Crippen LogP contribution in [0.2, 0.25) is 0 Å². The van der Waals surface area contributed by atoms with Crippen LogP contribution in [0.1, 0.15) is 16.8 Å². The summed E-state index contributed by atoms with van der Waals surface area (Å²) in [5.41, 5.74) is 3.98. The van der Waals surface area contributed by atoms with Gasteiger partial charge in [0.1, 0.15) is 11.4 Å². The van der Waals surface area contributed by atoms with Crippen molar-refractivity contribution in [2.24, 2.45) is 0 Å². The van der Waals surface area contributed by atoms with Crippen LogP contribution in [0.25, 0.3) is 28.0 Å². The van der Waals surface area contributed by atoms with Crippen molar-refractivity contribution in [3.8, 4) is 17.1 Å². The van der Waals surface area contributed by atoms with E-state index in [-0.39, 0.29) is 5.91 Å². The number of nitrogens with zero attached hydrogens (tertiary/aromatic N) is 6. The summed E-state index contributed by atoms with van der Waals surface area (Å²) in [6, 6.07) is 15.5. The number of para-hydroxylation sites is 1. The molecule has 0 radical (unpaired) electrons. The lowest BCUT2D eigenvalue weighted by Crippen LogP contribution is -2.34. The number of nitrogens with one attached hydrogen (secondary N) is 1. The monoisotopic (exact) mass is 401 g/mol. The molecule has 1 amide bonds. The largest absolute Gasteiger partial charge is 0.337 e. The lowest BCUT2D eigenvalue weighted by Gasteiger charge is -2.20. The van der Waals surface area contributed by atoms with Gasteiger partial charge in [0.05, 0.1) is 17.4 Å². The Labute approximate surface area is 174 Å². The first kappa shape index (κ1) is 18.5. The Morgan fingerprint density at radius 3 is 2.70 bits per heavy atom. The molecule has 1 N–H and O–H groups in total. The predicted molar refractivity (Wildman–Crippen MR) is 114 cm³/mol. The number of carbonyl (C=O) groups excluding carboxylic acids is 1. The highest BCUT2D eigenvalue weighted by atomic mass is 16.2. The summed E-state index contributed by atoms with van der Waals surface area (Å²) in [4.78, 5) is 17.1. The van der Waals surface area contributed by atoms with Crippen molar-refractivity contribution in [3.63, 3.8) is 0 Å². The molecule has 5 rings (SSSR count). The van der Waals surface area contributed by atoms with Crippen LogP contribution < -0.4 is 0 Å². The maximum atomic E-state index is 12.9. The number of hydrogen-bond acceptors (Lipinski definition) is 5. The standard InChI is InChI=1S/C22H23N7O/c1-27-11-4-12-28(14-13-27)22(30)16-7-9-17(10-8-16)29-15-20(24-26-29)21-18-5-2-3-6-19(18)23-25-21/h2-3,5-10,15H,4,11-14H2,1H3,(H,23,25). The van der Waals surface area contributed by atoms with E-state index in [9.17, 15) is 4.79 Å². The number of benzene rings is 2. The van der Waals surface area contributed by atoms with Crippen LogP contribution in [0.3, 0.4) is 0 Å². The molecule has 152 valence electrons. The van der Waals surface area contributed by atoms with E-state index in [4.69, 9.17) is 0 Å². The SMILES string of the molecule is CN1CCCN(C(=O)c2ccc(-n3cc(-c4n[nH]c5ccccc45)nn3)cc2)CC1. The highest BCUT2D eigenvalue weighted by molar-refractivity contribution is 5.94. The van der Waals surface area contributed by atoms with Gasteiger partial charge in [-0.1, -0.05) is 23.4 Å². The first-order valence-corrected chi connectivity index (χ1v) is 10.1. The average Bonchev–Trinajstić information content (AvgIpc) is 3.37. The summed E-state index contributed by atoms with van der Waals surface area (Å²) in [6.45, 7) is 3.51. The Bertz CT molecular complexity index is 1180. The Morgan fingerprint density at radius 1 is 1.00 bits per heavy atom. The van der Waals surface area contributed by atoms with E-state index in [1.807, 2.05) is 59.6 Å². The summed E-state index contributed by atoms with van der Waals surface area (Å²) in [7, 11) is 2.10. The zero-order valence-corrected chi connectivity index (χ0v) is 16.8. The first-order valence-electron chi connectivity index (χ1n) is 10.1. The molecule has 8 nitrogen and oxygen atoms in total. The van der Waals surface area contributed by atoms with Gasteiger partial charge in [-0.15, -0.1) is 5.10 Å². The van der Waals surface area contributed by atoms with Gasteiger partial charge >= 0.3 is 0 Å². The van der Waals surface area contributed by atoms with Crippen LogP contribution in [0, 0.1) is 0 Å². The van der Waals surface area contributed by atoms with Gasteiger partial charge in [-0.3, -0.25) is 9.89 Å². The molecule has 0 spiro atoms. The predicted octanol–water partition coefficient (Wildman–Crippen LogP) is 2.59. The smallest absolute Gasteiger partial charge is 0.253 e. The second kappa shape index (κ2) is 7.72. The van der Waals surface area contributed by atoms with Crippen molar-refractivity contribution < 1.29 is 4.79 Å². The summed E-state index contributed by atoms with van der Waals surface area (Å²) < 4.78 is 1.70. The Hall–Kier alpha value is -3.52. The number of aromatic amines is 1. The summed E-state index contributed by atoms with van der Waals surface area (Å²) in [6.07, 6.45) is 2.86. The number of carbonyl (C=O) groups is 1. The van der Waals surface area contributed by atoms with Gasteiger partial charge in [0.25, 0.3) is 5.91 Å². The summed E-state index contributed by atoms with van der Waals surface area (Å²) in [5.74, 6) is 0.0825. The fourth-order valence-corrected chi connectivity index (χ4v) is 3.85. The normalized spacial score (nSPS) is 15.4. The molecular weight excluding hydrogens is 378 g/mol. The number of rotatable bonds is 3. The molecule has 4 aromatic rings. The van der Waals surface area contributed by atoms with Gasteiger partial charge in [-0.2, -0.15) is 5.10 Å². The number of amides is 1. The van der Waals surface area contributed by atoms with Gasteiger partial charge in [0, 0.05) is 30.6 Å². The van der Waals surface area contributed by atoms with Gasteiger partial charge in [-0.05, 0) is 50.3 Å². The Kier molecular flexibility index (Phi) is 4.76. The van der Waals surface area contributed by atoms with Crippen LogP contribution >= 0.6 is 0 Å². The van der Waals surface area contributed by atoms with Gasteiger partial charge in [0.15, 0.2) is 0 Å². The van der Waals surface area contributed by atoms with Crippen LogP contribution in [0.4, 0.5) is 0 Å². The van der Waals surface area contributed by atoms with E-state index < -0.39 is 0 Å². The summed E-state index contributed by atoms with van der Waals surface area (Å²) in [5, 5.41) is 16.9. The average molecular weight is 401 g/mol. The van der Waals surface area contributed by atoms with E-state index in [1.54, 1.807) is 4.68 Å². The third-order valence-corrected chi connectivity index (χ3v) is 5.59. The van der Waals surface area contributed by atoms with Gasteiger partial charge in [0.2, 0.25) is 0 Å². The Balaban J connectivity index is 1.35. The first-order chi connectivity index (χ1) is 14.7. The Morgan fingerprint density at radius 2 is 1.83 bits per heavy atom. The number of hydrogen-bond donors (Lipinski definition) is 1. The molecule has 0 unspecified atom stereocenters. The lowest BCUT2D eigenvalue weighted by atomic mass is 10.1. The van der Waals surface area contributed by atoms with Crippen LogP contribution in [-0.2, 0) is 0 Å². The topological polar surface area (TPSA) is 82.9 Å². The molecule has 30 heavy (non-hydrogen) atoms. The molecule has 0 atom stereocenters. The molecule has 1 fully saturated rings. The molecule has 1 aliphatic heterocycles. The lowest BCUT2D eigenvalue weighted by molar-refractivity contribution is 0.0763. The minimum absolute atomic E-state index is 0.0825. The van der Waals surface area contributed by atoms with Crippen molar-refractivity contribution in [1.29, 1.82) is 0 Å². The molecule has 1 aliphatic rings. The van der Waals surface area contributed by atoms with E-state index in [0.717, 1.165) is 54.9 Å². The van der Waals surface area contributed by atoms with Crippen LogP contribution in [0.15, 0.2) is 54.7 Å². The van der Waals surface area contributed by atoms with Crippen LogP contribution in [-0.4, -0.2) is 74.1 Å². The fraction of sp³-hybridized carbons (Fsp3) is 0.273. The molecule has 0 bridgehead atoms. The van der Waals surface area contributed by atoms with Crippen molar-refractivity contribution in [3.05, 3.63) is 60.3 Å². The second-order valence-electron chi connectivity index (χ2n) is 7.66. The molecule has 3 heterocycles.